The van der Waals surface area contributed by atoms with E-state index < -0.39 is 0 Å². The van der Waals surface area contributed by atoms with E-state index in [9.17, 15) is 14.9 Å². The Balaban J connectivity index is 1.95. The molecule has 2 aromatic carbocycles. The van der Waals surface area contributed by atoms with Gasteiger partial charge in [-0.15, -0.1) is 0 Å². The number of hydrogen-bond donors (Lipinski definition) is 0. The Morgan fingerprint density at radius 2 is 1.88 bits per heavy atom. The molecule has 0 heterocycles. The van der Waals surface area contributed by atoms with E-state index in [2.05, 4.69) is 0 Å². The molecule has 0 radical (unpaired) electrons. The van der Waals surface area contributed by atoms with Gasteiger partial charge in [0.05, 0.1) is 23.2 Å². The van der Waals surface area contributed by atoms with Gasteiger partial charge in [-0.1, -0.05) is 42.5 Å². The van der Waals surface area contributed by atoms with Crippen LogP contribution < -0.4 is 0 Å². The van der Waals surface area contributed by atoms with E-state index in [1.165, 1.54) is 13.2 Å². The highest BCUT2D eigenvalue weighted by molar-refractivity contribution is 5.90. The van der Waals surface area contributed by atoms with E-state index in [1.807, 2.05) is 24.3 Å². The Morgan fingerprint density at radius 3 is 2.62 bits per heavy atom. The lowest BCUT2D eigenvalue weighted by Crippen LogP contribution is -2.05. The van der Waals surface area contributed by atoms with Crippen molar-refractivity contribution < 1.29 is 14.5 Å². The molecule has 0 atom stereocenters. The van der Waals surface area contributed by atoms with Gasteiger partial charge in [0.15, 0.2) is 0 Å². The van der Waals surface area contributed by atoms with Crippen LogP contribution in [0.25, 0.3) is 6.08 Å². The average molecular weight is 325 g/mol. The quantitative estimate of drug-likeness (QED) is 0.327. The Morgan fingerprint density at radius 1 is 1.17 bits per heavy atom. The molecule has 0 unspecified atom stereocenters. The van der Waals surface area contributed by atoms with E-state index in [0.717, 1.165) is 24.8 Å². The molecule has 0 aromatic heterocycles. The fourth-order valence-electron chi connectivity index (χ4n) is 2.46. The van der Waals surface area contributed by atoms with Gasteiger partial charge in [-0.3, -0.25) is 10.1 Å². The van der Waals surface area contributed by atoms with Crippen molar-refractivity contribution in [2.24, 2.45) is 0 Å². The zero-order valence-electron chi connectivity index (χ0n) is 13.5. The highest BCUT2D eigenvalue weighted by Crippen LogP contribution is 2.19. The topological polar surface area (TPSA) is 69.4 Å². The number of hydrogen-bond acceptors (Lipinski definition) is 4. The molecule has 0 bridgehead atoms. The molecular weight excluding hydrogens is 306 g/mol. The molecule has 2 rings (SSSR count). The maximum Gasteiger partial charge on any atom is 0.338 e. The fourth-order valence-corrected chi connectivity index (χ4v) is 2.46. The van der Waals surface area contributed by atoms with Gasteiger partial charge in [-0.25, -0.2) is 4.79 Å². The zero-order valence-corrected chi connectivity index (χ0v) is 13.5. The maximum atomic E-state index is 11.7. The van der Waals surface area contributed by atoms with E-state index in [0.29, 0.717) is 11.1 Å². The van der Waals surface area contributed by atoms with Crippen LogP contribution in [-0.2, 0) is 11.2 Å². The Bertz CT molecular complexity index is 753. The molecule has 0 spiro atoms. The third-order valence-corrected chi connectivity index (χ3v) is 3.67. The number of nitro groups is 1. The fraction of sp³-hybridized carbons (Fsp3) is 0.211. The van der Waals surface area contributed by atoms with E-state index in [-0.39, 0.29) is 16.6 Å². The van der Waals surface area contributed by atoms with Gasteiger partial charge in [-0.05, 0) is 37.0 Å². The van der Waals surface area contributed by atoms with Crippen LogP contribution in [0.1, 0.15) is 34.3 Å². The molecule has 0 aliphatic heterocycles. The summed E-state index contributed by atoms with van der Waals surface area (Å²) in [5, 5.41) is 11.0. The summed E-state index contributed by atoms with van der Waals surface area (Å²) < 4.78 is 4.78. The summed E-state index contributed by atoms with van der Waals surface area (Å²) >= 11 is 0. The minimum absolute atomic E-state index is 0.102. The predicted octanol–water partition coefficient (Wildman–Crippen LogP) is 4.42. The summed E-state index contributed by atoms with van der Waals surface area (Å²) in [5.41, 5.74) is 2.23. The largest absolute Gasteiger partial charge is 0.465 e. The molecular formula is C19H19NO4. The first-order valence-electron chi connectivity index (χ1n) is 7.69. The maximum absolute atomic E-state index is 11.7. The molecule has 124 valence electrons. The summed E-state index contributed by atoms with van der Waals surface area (Å²) in [6.07, 6.45) is 6.03. The molecule has 0 saturated carbocycles. The number of esters is 1. The smallest absolute Gasteiger partial charge is 0.338 e. The van der Waals surface area contributed by atoms with Crippen molar-refractivity contribution >= 4 is 17.7 Å². The van der Waals surface area contributed by atoms with Crippen LogP contribution in [0.4, 0.5) is 5.69 Å². The molecule has 5 heteroatoms. The summed E-state index contributed by atoms with van der Waals surface area (Å²) in [5.74, 6) is -0.332. The van der Waals surface area contributed by atoms with Gasteiger partial charge >= 0.3 is 5.97 Å². The predicted molar refractivity (Wildman–Crippen MR) is 92.8 cm³/mol. The van der Waals surface area contributed by atoms with Crippen molar-refractivity contribution in [1.82, 2.24) is 0 Å². The lowest BCUT2D eigenvalue weighted by Gasteiger charge is -2.06. The van der Waals surface area contributed by atoms with Crippen LogP contribution in [0, 0.1) is 10.1 Å². The van der Waals surface area contributed by atoms with E-state index in [1.54, 1.807) is 30.3 Å². The van der Waals surface area contributed by atoms with E-state index >= 15 is 0 Å². The SMILES string of the molecule is COC(=O)c1ccccc1CCCC=Cc1ccccc1[N+](=O)[O-]. The highest BCUT2D eigenvalue weighted by atomic mass is 16.6. The second-order valence-corrected chi connectivity index (χ2v) is 5.26. The minimum atomic E-state index is -0.383. The number of methoxy groups -OCH3 is 1. The number of unbranched alkanes of at least 4 members (excludes halogenated alkanes) is 1. The number of ether oxygens (including phenoxy) is 1. The van der Waals surface area contributed by atoms with Crippen LogP contribution in [0.2, 0.25) is 0 Å². The first-order chi connectivity index (χ1) is 11.6. The number of nitrogens with zero attached hydrogens (tertiary/aromatic N) is 1. The standard InChI is InChI=1S/C19H19NO4/c1-24-19(21)17-13-7-5-10-15(17)9-3-2-4-11-16-12-6-8-14-18(16)20(22)23/h4-8,10-14H,2-3,9H2,1H3. The summed E-state index contributed by atoms with van der Waals surface area (Å²) in [6, 6.07) is 14.0. The number of nitro benzene ring substituents is 1. The molecule has 0 N–H and O–H groups in total. The van der Waals surface area contributed by atoms with Crippen LogP contribution in [0.5, 0.6) is 0 Å². The number of allylic oxidation sites excluding steroid dienone is 1. The van der Waals surface area contributed by atoms with Crippen molar-refractivity contribution in [2.75, 3.05) is 7.11 Å². The number of benzene rings is 2. The summed E-state index contributed by atoms with van der Waals surface area (Å²) in [6.45, 7) is 0. The van der Waals surface area contributed by atoms with Crippen molar-refractivity contribution in [3.8, 4) is 0 Å². The molecule has 0 fully saturated rings. The molecule has 2 aromatic rings. The van der Waals surface area contributed by atoms with Gasteiger partial charge in [0.25, 0.3) is 5.69 Å². The minimum Gasteiger partial charge on any atom is -0.465 e. The van der Waals surface area contributed by atoms with Crippen LogP contribution >= 0.6 is 0 Å². The Labute approximate surface area is 140 Å². The third kappa shape index (κ3) is 4.52. The number of rotatable bonds is 7. The van der Waals surface area contributed by atoms with Gasteiger partial charge in [0.1, 0.15) is 0 Å². The van der Waals surface area contributed by atoms with Gasteiger partial charge in [-0.2, -0.15) is 0 Å². The number of para-hydroxylation sites is 1. The second kappa shape index (κ2) is 8.62. The Kier molecular flexibility index (Phi) is 6.25. The molecule has 0 amide bonds. The third-order valence-electron chi connectivity index (χ3n) is 3.67. The Hall–Kier alpha value is -2.95. The van der Waals surface area contributed by atoms with Gasteiger partial charge in [0, 0.05) is 6.07 Å². The van der Waals surface area contributed by atoms with Crippen molar-refractivity contribution in [3.63, 3.8) is 0 Å². The van der Waals surface area contributed by atoms with Crippen LogP contribution in [0.3, 0.4) is 0 Å². The van der Waals surface area contributed by atoms with Crippen molar-refractivity contribution in [1.29, 1.82) is 0 Å². The molecule has 5 nitrogen and oxygen atoms in total. The van der Waals surface area contributed by atoms with Crippen molar-refractivity contribution in [3.05, 3.63) is 81.4 Å². The average Bonchev–Trinajstić information content (AvgIpc) is 2.61. The van der Waals surface area contributed by atoms with Crippen LogP contribution in [-0.4, -0.2) is 18.0 Å². The second-order valence-electron chi connectivity index (χ2n) is 5.26. The number of carbonyl (C=O) groups excluding carboxylic acids is 1. The van der Waals surface area contributed by atoms with Crippen LogP contribution in [0.15, 0.2) is 54.6 Å². The lowest BCUT2D eigenvalue weighted by atomic mass is 10.0. The molecule has 24 heavy (non-hydrogen) atoms. The first-order valence-corrected chi connectivity index (χ1v) is 7.69. The molecule has 0 aliphatic rings. The van der Waals surface area contributed by atoms with E-state index in [4.69, 9.17) is 4.74 Å². The number of aryl methyl sites for hydroxylation is 1. The monoisotopic (exact) mass is 325 g/mol. The normalized spacial score (nSPS) is 10.7. The zero-order chi connectivity index (χ0) is 17.4. The van der Waals surface area contributed by atoms with Crippen molar-refractivity contribution in [2.45, 2.75) is 19.3 Å². The summed E-state index contributed by atoms with van der Waals surface area (Å²) in [7, 11) is 1.37. The van der Waals surface area contributed by atoms with Gasteiger partial charge in [0.2, 0.25) is 0 Å². The number of carbonyl (C=O) groups is 1. The summed E-state index contributed by atoms with van der Waals surface area (Å²) in [4.78, 5) is 22.3. The lowest BCUT2D eigenvalue weighted by molar-refractivity contribution is -0.385. The first kappa shape index (κ1) is 17.4. The molecule has 0 aliphatic carbocycles. The molecule has 0 saturated heterocycles. The highest BCUT2D eigenvalue weighted by Gasteiger charge is 2.10. The van der Waals surface area contributed by atoms with Gasteiger partial charge < -0.3 is 4.74 Å².